The number of anilines is 1. The van der Waals surface area contributed by atoms with Gasteiger partial charge >= 0.3 is 0 Å². The lowest BCUT2D eigenvalue weighted by atomic mass is 10.0. The van der Waals surface area contributed by atoms with E-state index >= 15 is 0 Å². The Kier molecular flexibility index (Phi) is 6.73. The molecule has 1 saturated heterocycles. The van der Waals surface area contributed by atoms with Crippen LogP contribution >= 0.6 is 0 Å². The number of nitrogens with zero attached hydrogens (tertiary/aromatic N) is 3. The van der Waals surface area contributed by atoms with Crippen molar-refractivity contribution in [2.24, 2.45) is 21.5 Å². The quantitative estimate of drug-likeness (QED) is 0.309. The molecule has 3 rings (SSSR count). The molecular weight excluding hydrogens is 382 g/mol. The molecule has 30 heavy (non-hydrogen) atoms. The summed E-state index contributed by atoms with van der Waals surface area (Å²) in [6, 6.07) is 5.67. The van der Waals surface area contributed by atoms with Crippen molar-refractivity contribution in [2.75, 3.05) is 39.1 Å². The molecule has 0 spiro atoms. The topological polar surface area (TPSA) is 144 Å². The maximum absolute atomic E-state index is 11.9. The average Bonchev–Trinajstić information content (AvgIpc) is 2.69. The largest absolute Gasteiger partial charge is 0.404 e. The number of ether oxygens (including phenoxy) is 1. The summed E-state index contributed by atoms with van der Waals surface area (Å²) in [5.74, 6) is 0.374. The molecule has 7 N–H and O–H groups in total. The first kappa shape index (κ1) is 21.4. The number of benzene rings is 1. The smallest absolute Gasteiger partial charge is 0.219 e. The highest BCUT2D eigenvalue weighted by Crippen LogP contribution is 2.26. The Bertz CT molecular complexity index is 929. The number of carbonyl (C=O) groups is 1. The van der Waals surface area contributed by atoms with Crippen LogP contribution in [0.15, 0.2) is 45.7 Å². The first-order valence-electron chi connectivity index (χ1n) is 9.83. The predicted molar refractivity (Wildman–Crippen MR) is 120 cm³/mol. The van der Waals surface area contributed by atoms with Crippen LogP contribution < -0.4 is 22.5 Å². The zero-order valence-corrected chi connectivity index (χ0v) is 17.4. The molecule has 1 fully saturated rings. The fraction of sp³-hybridized carbons (Fsp3) is 0.381. The van der Waals surface area contributed by atoms with Crippen LogP contribution in [0, 0.1) is 0 Å². The van der Waals surface area contributed by atoms with E-state index in [4.69, 9.17) is 21.9 Å². The van der Waals surface area contributed by atoms with Gasteiger partial charge < -0.3 is 32.2 Å². The molecule has 2 aliphatic heterocycles. The van der Waals surface area contributed by atoms with Gasteiger partial charge in [-0.05, 0) is 12.1 Å². The number of hydrogen-bond donors (Lipinski definition) is 4. The molecule has 1 amide bonds. The highest BCUT2D eigenvalue weighted by molar-refractivity contribution is 6.11. The van der Waals surface area contributed by atoms with Gasteiger partial charge in [0.05, 0.1) is 31.5 Å². The van der Waals surface area contributed by atoms with Gasteiger partial charge in [0.1, 0.15) is 5.84 Å². The zero-order chi connectivity index (χ0) is 21.7. The Morgan fingerprint density at radius 1 is 1.37 bits per heavy atom. The van der Waals surface area contributed by atoms with E-state index in [0.717, 1.165) is 22.4 Å². The standard InChI is InChI=1S/C21H29N7O2/c1-13(29)28-6-5-20(26-16-11-30-12-16)18(10-28)21(24)27-15-3-4-17(19(23)7-15)14(8-22)9-25-2/h3-4,7-9,16,26H,5-6,10-12,22-23H2,1-2H3,(H2,24,27). The molecule has 2 heterocycles. The number of aliphatic imine (C=N–C) groups is 2. The molecule has 9 heteroatoms. The zero-order valence-electron chi connectivity index (χ0n) is 17.4. The van der Waals surface area contributed by atoms with Crippen molar-refractivity contribution in [3.63, 3.8) is 0 Å². The van der Waals surface area contributed by atoms with Gasteiger partial charge in [-0.25, -0.2) is 4.99 Å². The minimum atomic E-state index is 0.0126. The van der Waals surface area contributed by atoms with Crippen molar-refractivity contribution >= 4 is 34.9 Å². The maximum atomic E-state index is 11.9. The third-order valence-electron chi connectivity index (χ3n) is 5.16. The second kappa shape index (κ2) is 9.45. The van der Waals surface area contributed by atoms with E-state index in [1.807, 2.05) is 12.1 Å². The van der Waals surface area contributed by atoms with Gasteiger partial charge in [0, 0.05) is 67.4 Å². The summed E-state index contributed by atoms with van der Waals surface area (Å²) in [6.07, 6.45) is 3.80. The molecule has 0 aromatic heterocycles. The number of allylic oxidation sites excluding steroid dienone is 1. The summed E-state index contributed by atoms with van der Waals surface area (Å²) in [7, 11) is 1.67. The number of amidine groups is 1. The summed E-state index contributed by atoms with van der Waals surface area (Å²) in [5, 5.41) is 3.48. The Hall–Kier alpha value is -3.33. The monoisotopic (exact) mass is 411 g/mol. The van der Waals surface area contributed by atoms with E-state index in [2.05, 4.69) is 15.3 Å². The second-order valence-corrected chi connectivity index (χ2v) is 7.30. The van der Waals surface area contributed by atoms with Crippen molar-refractivity contribution in [3.05, 3.63) is 41.2 Å². The first-order valence-corrected chi connectivity index (χ1v) is 9.83. The van der Waals surface area contributed by atoms with Crippen molar-refractivity contribution in [2.45, 2.75) is 19.4 Å². The molecule has 0 radical (unpaired) electrons. The van der Waals surface area contributed by atoms with Crippen LogP contribution in [0.3, 0.4) is 0 Å². The molecular formula is C21H29N7O2. The maximum Gasteiger partial charge on any atom is 0.219 e. The van der Waals surface area contributed by atoms with E-state index in [1.165, 1.54) is 6.20 Å². The molecule has 1 aromatic carbocycles. The van der Waals surface area contributed by atoms with Crippen molar-refractivity contribution in [3.8, 4) is 0 Å². The molecule has 0 bridgehead atoms. The minimum absolute atomic E-state index is 0.0126. The van der Waals surface area contributed by atoms with Crippen molar-refractivity contribution in [1.29, 1.82) is 0 Å². The molecule has 160 valence electrons. The Balaban J connectivity index is 1.90. The number of hydrogen-bond acceptors (Lipinski definition) is 7. The molecule has 0 saturated carbocycles. The molecule has 0 aliphatic carbocycles. The van der Waals surface area contributed by atoms with Crippen LogP contribution in [0.1, 0.15) is 18.9 Å². The highest BCUT2D eigenvalue weighted by Gasteiger charge is 2.26. The SMILES string of the molecule is CN=CC(=CN)c1ccc(N=C(N)C2=C(NC3COC3)CCN(C(C)=O)C2)cc1N. The van der Waals surface area contributed by atoms with E-state index in [-0.39, 0.29) is 11.9 Å². The summed E-state index contributed by atoms with van der Waals surface area (Å²) >= 11 is 0. The van der Waals surface area contributed by atoms with Gasteiger partial charge in [-0.15, -0.1) is 0 Å². The fourth-order valence-corrected chi connectivity index (χ4v) is 3.42. The molecule has 0 unspecified atom stereocenters. The number of amides is 1. The molecule has 1 aromatic rings. The fourth-order valence-electron chi connectivity index (χ4n) is 3.42. The van der Waals surface area contributed by atoms with Gasteiger partial charge in [0.2, 0.25) is 5.91 Å². The summed E-state index contributed by atoms with van der Waals surface area (Å²) in [5.41, 5.74) is 22.7. The summed E-state index contributed by atoms with van der Waals surface area (Å²) in [6.45, 7) is 3.96. The van der Waals surface area contributed by atoms with E-state index < -0.39 is 0 Å². The normalized spacial score (nSPS) is 18.7. The summed E-state index contributed by atoms with van der Waals surface area (Å²) in [4.78, 5) is 22.2. The van der Waals surface area contributed by atoms with Crippen LogP contribution in [0.2, 0.25) is 0 Å². The lowest BCUT2D eigenvalue weighted by Gasteiger charge is -2.35. The minimum Gasteiger partial charge on any atom is -0.404 e. The lowest BCUT2D eigenvalue weighted by molar-refractivity contribution is -0.128. The van der Waals surface area contributed by atoms with Gasteiger partial charge in [-0.1, -0.05) is 6.07 Å². The van der Waals surface area contributed by atoms with E-state index in [1.54, 1.807) is 31.2 Å². The molecule has 9 nitrogen and oxygen atoms in total. The first-order chi connectivity index (χ1) is 14.4. The van der Waals surface area contributed by atoms with Gasteiger partial charge in [0.25, 0.3) is 0 Å². The van der Waals surface area contributed by atoms with Gasteiger partial charge in [0.15, 0.2) is 0 Å². The van der Waals surface area contributed by atoms with Crippen LogP contribution in [-0.4, -0.2) is 62.3 Å². The Labute approximate surface area is 176 Å². The number of nitrogen functional groups attached to an aromatic ring is 1. The van der Waals surface area contributed by atoms with Gasteiger partial charge in [-0.3, -0.25) is 9.79 Å². The third kappa shape index (κ3) is 4.80. The lowest BCUT2D eigenvalue weighted by Crippen LogP contribution is -2.49. The van der Waals surface area contributed by atoms with E-state index in [9.17, 15) is 4.79 Å². The average molecular weight is 412 g/mol. The van der Waals surface area contributed by atoms with Crippen LogP contribution in [0.25, 0.3) is 5.57 Å². The predicted octanol–water partition coefficient (Wildman–Crippen LogP) is 0.752. The summed E-state index contributed by atoms with van der Waals surface area (Å²) < 4.78 is 5.25. The van der Waals surface area contributed by atoms with Crippen LogP contribution in [-0.2, 0) is 9.53 Å². The second-order valence-electron chi connectivity index (χ2n) is 7.30. The highest BCUT2D eigenvalue weighted by atomic mass is 16.5. The van der Waals surface area contributed by atoms with Gasteiger partial charge in [-0.2, -0.15) is 0 Å². The van der Waals surface area contributed by atoms with Crippen molar-refractivity contribution in [1.82, 2.24) is 10.2 Å². The Morgan fingerprint density at radius 2 is 2.13 bits per heavy atom. The number of carbonyl (C=O) groups excluding carboxylic acids is 1. The van der Waals surface area contributed by atoms with Crippen LogP contribution in [0.4, 0.5) is 11.4 Å². The van der Waals surface area contributed by atoms with Crippen LogP contribution in [0.5, 0.6) is 0 Å². The molecule has 2 aliphatic rings. The third-order valence-corrected chi connectivity index (χ3v) is 5.16. The van der Waals surface area contributed by atoms with Crippen molar-refractivity contribution < 1.29 is 9.53 Å². The Morgan fingerprint density at radius 3 is 2.70 bits per heavy atom. The van der Waals surface area contributed by atoms with E-state index in [0.29, 0.717) is 49.9 Å². The number of nitrogens with two attached hydrogens (primary N) is 3. The number of rotatable bonds is 6. The molecule has 0 atom stereocenters. The number of nitrogens with one attached hydrogen (secondary N) is 1.